The highest BCUT2D eigenvalue weighted by Crippen LogP contribution is 2.25. The first-order valence-corrected chi connectivity index (χ1v) is 10.1. The van der Waals surface area contributed by atoms with E-state index in [9.17, 15) is 0 Å². The van der Waals surface area contributed by atoms with Crippen molar-refractivity contribution >= 4 is 45.2 Å². The first kappa shape index (κ1) is 19.8. The minimum atomic E-state index is -0.0463. The summed E-state index contributed by atoms with van der Waals surface area (Å²) in [5, 5.41) is 9.04. The molecule has 1 atom stereocenters. The summed E-state index contributed by atoms with van der Waals surface area (Å²) < 4.78 is 13.4. The summed E-state index contributed by atoms with van der Waals surface area (Å²) in [6, 6.07) is 11.7. The molecule has 0 spiro atoms. The van der Waals surface area contributed by atoms with Gasteiger partial charge in [-0.25, -0.2) is 0 Å². The molecule has 1 N–H and O–H groups in total. The molecule has 1 unspecified atom stereocenters. The Hall–Kier alpha value is -0.540. The zero-order valence-electron chi connectivity index (χ0n) is 13.9. The molecule has 1 heterocycles. The summed E-state index contributed by atoms with van der Waals surface area (Å²) in [6.45, 7) is 4.91. The lowest BCUT2D eigenvalue weighted by Crippen LogP contribution is -2.25. The van der Waals surface area contributed by atoms with Crippen LogP contribution < -0.4 is 4.74 Å². The molecule has 1 aliphatic rings. The van der Waals surface area contributed by atoms with E-state index in [1.165, 1.54) is 17.5 Å². The molecule has 24 heavy (non-hydrogen) atoms. The molecule has 0 aromatic heterocycles. The molecule has 0 radical (unpaired) electrons. The Morgan fingerprint density at radius 2 is 1.67 bits per heavy atom. The van der Waals surface area contributed by atoms with Crippen molar-refractivity contribution in [1.29, 1.82) is 0 Å². The van der Waals surface area contributed by atoms with Crippen LogP contribution in [0, 0.1) is 21.0 Å². The van der Waals surface area contributed by atoms with Crippen LogP contribution in [0.2, 0.25) is 0 Å². The molecule has 1 saturated heterocycles. The van der Waals surface area contributed by atoms with Gasteiger partial charge in [-0.1, -0.05) is 12.1 Å². The predicted octanol–water partition coefficient (Wildman–Crippen LogP) is 5.81. The Morgan fingerprint density at radius 3 is 2.21 bits per heavy atom. The van der Waals surface area contributed by atoms with Gasteiger partial charge in [-0.3, -0.25) is 0 Å². The molecule has 2 aromatic carbocycles. The lowest BCUT2D eigenvalue weighted by atomic mass is 10.2. The number of aryl methyl sites for hydroxylation is 2. The van der Waals surface area contributed by atoms with Crippen molar-refractivity contribution in [2.45, 2.75) is 39.4 Å². The Labute approximate surface area is 171 Å². The van der Waals surface area contributed by atoms with Gasteiger partial charge in [-0.05, 0) is 107 Å². The van der Waals surface area contributed by atoms with Crippen LogP contribution in [0.3, 0.4) is 0 Å². The molecule has 1 fully saturated rings. The van der Waals surface area contributed by atoms with Gasteiger partial charge in [0.1, 0.15) is 11.5 Å². The summed E-state index contributed by atoms with van der Waals surface area (Å²) >= 11 is 4.40. The molecule has 2 aromatic rings. The summed E-state index contributed by atoms with van der Waals surface area (Å²) in [6.07, 6.45) is 3.32. The Kier molecular flexibility index (Phi) is 8.09. The van der Waals surface area contributed by atoms with Crippen LogP contribution in [-0.4, -0.2) is 18.0 Å². The van der Waals surface area contributed by atoms with Crippen molar-refractivity contribution in [2.75, 3.05) is 6.61 Å². The number of rotatable bonds is 2. The topological polar surface area (TPSA) is 38.7 Å². The van der Waals surface area contributed by atoms with Gasteiger partial charge in [0.25, 0.3) is 0 Å². The lowest BCUT2D eigenvalue weighted by molar-refractivity contribution is -0.106. The maximum absolute atomic E-state index is 9.04. The fourth-order valence-corrected chi connectivity index (χ4v) is 3.73. The van der Waals surface area contributed by atoms with E-state index in [0.717, 1.165) is 32.3 Å². The Bertz CT molecular complexity index is 668. The van der Waals surface area contributed by atoms with Crippen LogP contribution in [-0.2, 0) is 4.74 Å². The molecule has 3 rings (SSSR count). The normalized spacial score (nSPS) is 16.9. The summed E-state index contributed by atoms with van der Waals surface area (Å²) in [4.78, 5) is 0. The SMILES string of the molecule is Cc1ccc(O)c(I)c1.Cc1ccc(OC2CCCCO2)c(I)c1. The number of halogens is 2. The third kappa shape index (κ3) is 6.40. The standard InChI is InChI=1S/C12H15IO2.C7H7IO/c1-9-5-6-11(10(13)8-9)15-12-4-2-3-7-14-12;1-5-2-3-7(9)6(8)4-5/h5-6,8,12H,2-4,7H2,1H3;2-4,9H,1H3. The monoisotopic (exact) mass is 552 g/mol. The molecule has 130 valence electrons. The van der Waals surface area contributed by atoms with Gasteiger partial charge in [0.2, 0.25) is 0 Å². The number of ether oxygens (including phenoxy) is 2. The van der Waals surface area contributed by atoms with Crippen LogP contribution in [0.4, 0.5) is 0 Å². The highest BCUT2D eigenvalue weighted by atomic mass is 127. The molecule has 0 aliphatic carbocycles. The summed E-state index contributed by atoms with van der Waals surface area (Å²) in [7, 11) is 0. The van der Waals surface area contributed by atoms with Crippen molar-refractivity contribution < 1.29 is 14.6 Å². The third-order valence-corrected chi connectivity index (χ3v) is 5.29. The molecular formula is C19H22I2O3. The molecule has 0 amide bonds. The Balaban J connectivity index is 0.000000198. The highest BCUT2D eigenvalue weighted by molar-refractivity contribution is 14.1. The van der Waals surface area contributed by atoms with E-state index < -0.39 is 0 Å². The quantitative estimate of drug-likeness (QED) is 0.479. The van der Waals surface area contributed by atoms with Gasteiger partial charge in [-0.15, -0.1) is 0 Å². The number of aromatic hydroxyl groups is 1. The average Bonchev–Trinajstić information content (AvgIpc) is 2.56. The lowest BCUT2D eigenvalue weighted by Gasteiger charge is -2.24. The van der Waals surface area contributed by atoms with Crippen LogP contribution in [0.5, 0.6) is 11.5 Å². The van der Waals surface area contributed by atoms with Gasteiger partial charge in [0.05, 0.1) is 13.7 Å². The summed E-state index contributed by atoms with van der Waals surface area (Å²) in [5.41, 5.74) is 2.44. The van der Waals surface area contributed by atoms with E-state index in [2.05, 4.69) is 64.2 Å². The molecule has 5 heteroatoms. The minimum absolute atomic E-state index is 0.0463. The number of phenolic OH excluding ortho intramolecular Hbond substituents is 1. The first-order valence-electron chi connectivity index (χ1n) is 7.95. The number of hydrogen-bond acceptors (Lipinski definition) is 3. The zero-order chi connectivity index (χ0) is 17.5. The molecular weight excluding hydrogens is 530 g/mol. The zero-order valence-corrected chi connectivity index (χ0v) is 18.2. The van der Waals surface area contributed by atoms with Crippen molar-refractivity contribution in [3.05, 3.63) is 54.7 Å². The Morgan fingerprint density at radius 1 is 1.00 bits per heavy atom. The van der Waals surface area contributed by atoms with E-state index >= 15 is 0 Å². The van der Waals surface area contributed by atoms with E-state index in [4.69, 9.17) is 14.6 Å². The number of benzene rings is 2. The minimum Gasteiger partial charge on any atom is -0.507 e. The fourth-order valence-electron chi connectivity index (χ4n) is 2.26. The predicted molar refractivity (Wildman–Crippen MR) is 114 cm³/mol. The van der Waals surface area contributed by atoms with Crippen LogP contribution in [0.1, 0.15) is 30.4 Å². The third-order valence-electron chi connectivity index (χ3n) is 3.59. The second-order valence-electron chi connectivity index (χ2n) is 5.80. The van der Waals surface area contributed by atoms with Crippen LogP contribution in [0.15, 0.2) is 36.4 Å². The van der Waals surface area contributed by atoms with Crippen LogP contribution >= 0.6 is 45.2 Å². The van der Waals surface area contributed by atoms with E-state index in [1.54, 1.807) is 6.07 Å². The average molecular weight is 552 g/mol. The molecule has 0 saturated carbocycles. The van der Waals surface area contributed by atoms with Crippen molar-refractivity contribution in [3.63, 3.8) is 0 Å². The molecule has 0 bridgehead atoms. The number of phenols is 1. The van der Waals surface area contributed by atoms with E-state index in [-0.39, 0.29) is 6.29 Å². The van der Waals surface area contributed by atoms with Crippen molar-refractivity contribution in [3.8, 4) is 11.5 Å². The first-order chi connectivity index (χ1) is 11.5. The number of hydrogen-bond donors (Lipinski definition) is 1. The van der Waals surface area contributed by atoms with E-state index in [1.807, 2.05) is 25.1 Å². The van der Waals surface area contributed by atoms with Crippen molar-refractivity contribution in [1.82, 2.24) is 0 Å². The van der Waals surface area contributed by atoms with Gasteiger partial charge in [-0.2, -0.15) is 0 Å². The van der Waals surface area contributed by atoms with Gasteiger partial charge < -0.3 is 14.6 Å². The maximum atomic E-state index is 9.04. The second-order valence-corrected chi connectivity index (χ2v) is 8.13. The molecule has 3 nitrogen and oxygen atoms in total. The van der Waals surface area contributed by atoms with Gasteiger partial charge in [0.15, 0.2) is 6.29 Å². The second kappa shape index (κ2) is 9.82. The van der Waals surface area contributed by atoms with Crippen LogP contribution in [0.25, 0.3) is 0 Å². The highest BCUT2D eigenvalue weighted by Gasteiger charge is 2.16. The largest absolute Gasteiger partial charge is 0.507 e. The smallest absolute Gasteiger partial charge is 0.199 e. The molecule has 1 aliphatic heterocycles. The van der Waals surface area contributed by atoms with Crippen molar-refractivity contribution in [2.24, 2.45) is 0 Å². The summed E-state index contributed by atoms with van der Waals surface area (Å²) in [5.74, 6) is 1.30. The fraction of sp³-hybridized carbons (Fsp3) is 0.368. The van der Waals surface area contributed by atoms with Gasteiger partial charge >= 0.3 is 0 Å². The maximum Gasteiger partial charge on any atom is 0.199 e. The van der Waals surface area contributed by atoms with E-state index in [0.29, 0.717) is 5.75 Å². The van der Waals surface area contributed by atoms with Gasteiger partial charge in [0, 0.05) is 6.42 Å².